The number of rotatable bonds is 9. The third-order valence-electron chi connectivity index (χ3n) is 3.65. The molecule has 0 atom stereocenters. The Bertz CT molecular complexity index is 700. The van der Waals surface area contributed by atoms with E-state index in [0.717, 1.165) is 31.4 Å². The summed E-state index contributed by atoms with van der Waals surface area (Å²) in [6.07, 6.45) is 3.25. The predicted molar refractivity (Wildman–Crippen MR) is 103 cm³/mol. The van der Waals surface area contributed by atoms with Crippen molar-refractivity contribution in [1.82, 2.24) is 15.5 Å². The summed E-state index contributed by atoms with van der Waals surface area (Å²) in [6.45, 7) is 3.40. The second-order valence-electron chi connectivity index (χ2n) is 6.13. The van der Waals surface area contributed by atoms with E-state index in [2.05, 4.69) is 22.5 Å². The van der Waals surface area contributed by atoms with Gasteiger partial charge in [-0.25, -0.2) is 18.5 Å². The Hall–Kier alpha value is -2.13. The van der Waals surface area contributed by atoms with Gasteiger partial charge in [-0.3, -0.25) is 4.79 Å². The van der Waals surface area contributed by atoms with E-state index in [9.17, 15) is 13.2 Å². The number of hydrogen-bond acceptors (Lipinski definition) is 4. The normalized spacial score (nSPS) is 11.9. The average Bonchev–Trinajstić information content (AvgIpc) is 2.59. The highest BCUT2D eigenvalue weighted by Crippen LogP contribution is 2.09. The topological polar surface area (TPSA) is 117 Å². The van der Waals surface area contributed by atoms with Gasteiger partial charge in [0.1, 0.15) is 0 Å². The fourth-order valence-electron chi connectivity index (χ4n) is 2.03. The molecule has 0 aliphatic heterocycles. The Morgan fingerprint density at radius 3 is 2.35 bits per heavy atom. The summed E-state index contributed by atoms with van der Waals surface area (Å²) in [7, 11) is -0.303. The molecule has 1 rings (SSSR count). The van der Waals surface area contributed by atoms with Gasteiger partial charge < -0.3 is 15.5 Å². The van der Waals surface area contributed by atoms with Crippen LogP contribution >= 0.6 is 0 Å². The molecule has 0 spiro atoms. The van der Waals surface area contributed by atoms with Crippen LogP contribution in [0.4, 0.5) is 0 Å². The number of benzene rings is 1. The fraction of sp³-hybridized carbons (Fsp3) is 0.529. The molecule has 146 valence electrons. The second-order valence-corrected chi connectivity index (χ2v) is 7.69. The smallest absolute Gasteiger partial charge is 0.241 e. The molecule has 0 bridgehead atoms. The summed E-state index contributed by atoms with van der Waals surface area (Å²) in [4.78, 5) is 17.8. The van der Waals surface area contributed by atoms with E-state index in [1.807, 2.05) is 0 Å². The van der Waals surface area contributed by atoms with E-state index in [0.29, 0.717) is 12.5 Å². The summed E-state index contributed by atoms with van der Waals surface area (Å²) >= 11 is 0. The zero-order chi connectivity index (χ0) is 19.6. The third-order valence-corrected chi connectivity index (χ3v) is 4.58. The number of nitrogens with one attached hydrogen (secondary N) is 2. The van der Waals surface area contributed by atoms with Gasteiger partial charge in [0.15, 0.2) is 5.96 Å². The summed E-state index contributed by atoms with van der Waals surface area (Å²) in [5.74, 6) is 0.498. The first-order chi connectivity index (χ1) is 12.2. The average molecular weight is 384 g/mol. The van der Waals surface area contributed by atoms with Crippen LogP contribution in [0.2, 0.25) is 0 Å². The van der Waals surface area contributed by atoms with E-state index < -0.39 is 10.0 Å². The van der Waals surface area contributed by atoms with Gasteiger partial charge in [0.25, 0.3) is 0 Å². The lowest BCUT2D eigenvalue weighted by atomic mass is 10.2. The molecule has 0 radical (unpaired) electrons. The van der Waals surface area contributed by atoms with Crippen molar-refractivity contribution >= 4 is 21.9 Å². The highest BCUT2D eigenvalue weighted by Gasteiger charge is 2.08. The Balaban J connectivity index is 2.72. The number of hydrogen-bond donors (Lipinski definition) is 3. The van der Waals surface area contributed by atoms with Crippen molar-refractivity contribution in [3.63, 3.8) is 0 Å². The first kappa shape index (κ1) is 21.9. The molecule has 1 amide bonds. The lowest BCUT2D eigenvalue weighted by Gasteiger charge is -2.15. The number of nitrogens with zero attached hydrogens (tertiary/aromatic N) is 2. The number of nitrogens with two attached hydrogens (primary N) is 1. The van der Waals surface area contributed by atoms with E-state index in [-0.39, 0.29) is 17.3 Å². The number of carbonyl (C=O) groups is 1. The molecule has 0 heterocycles. The lowest BCUT2D eigenvalue weighted by molar-refractivity contribution is -0.127. The molecule has 4 N–H and O–H groups in total. The highest BCUT2D eigenvalue weighted by molar-refractivity contribution is 7.89. The minimum absolute atomic E-state index is 0.0504. The van der Waals surface area contributed by atoms with Crippen LogP contribution in [0.25, 0.3) is 0 Å². The highest BCUT2D eigenvalue weighted by atomic mass is 32.2. The summed E-state index contributed by atoms with van der Waals surface area (Å²) in [5, 5.41) is 11.3. The first-order valence-corrected chi connectivity index (χ1v) is 10.1. The monoisotopic (exact) mass is 383 g/mol. The van der Waals surface area contributed by atoms with E-state index in [1.165, 1.54) is 17.0 Å². The van der Waals surface area contributed by atoms with Gasteiger partial charge in [-0.1, -0.05) is 31.9 Å². The number of unbranched alkanes of at least 4 members (excludes halogenated alkanes) is 2. The van der Waals surface area contributed by atoms with Crippen LogP contribution in [0.5, 0.6) is 0 Å². The number of sulfonamides is 1. The van der Waals surface area contributed by atoms with Gasteiger partial charge in [-0.2, -0.15) is 0 Å². The maximum Gasteiger partial charge on any atom is 0.241 e. The minimum atomic E-state index is -3.70. The third kappa shape index (κ3) is 8.30. The van der Waals surface area contributed by atoms with Gasteiger partial charge in [0.2, 0.25) is 15.9 Å². The van der Waals surface area contributed by atoms with Crippen molar-refractivity contribution < 1.29 is 13.2 Å². The standard InChI is InChI=1S/C17H29N5O3S/c1-4-5-6-11-19-17(21-13-16(23)22(2)3)20-12-14-7-9-15(10-8-14)26(18,24)25/h7-10H,4-6,11-13H2,1-3H3,(H2,18,24,25)(H2,19,20,21). The molecule has 0 saturated heterocycles. The molecule has 0 aliphatic rings. The molecule has 0 unspecified atom stereocenters. The Morgan fingerprint density at radius 1 is 1.15 bits per heavy atom. The van der Waals surface area contributed by atoms with Crippen molar-refractivity contribution in [2.75, 3.05) is 27.2 Å². The van der Waals surface area contributed by atoms with Gasteiger partial charge in [0.05, 0.1) is 18.0 Å². The molecule has 0 fully saturated rings. The van der Waals surface area contributed by atoms with Crippen LogP contribution in [0.15, 0.2) is 34.2 Å². The van der Waals surface area contributed by atoms with E-state index >= 15 is 0 Å². The maximum absolute atomic E-state index is 11.7. The molecule has 0 aliphatic carbocycles. The van der Waals surface area contributed by atoms with Gasteiger partial charge in [0, 0.05) is 20.6 Å². The number of carbonyl (C=O) groups excluding carboxylic acids is 1. The number of amides is 1. The van der Waals surface area contributed by atoms with Crippen LogP contribution in [-0.2, 0) is 21.4 Å². The summed E-state index contributed by atoms with van der Waals surface area (Å²) in [5.41, 5.74) is 0.839. The van der Waals surface area contributed by atoms with Crippen molar-refractivity contribution in [3.05, 3.63) is 29.8 Å². The van der Waals surface area contributed by atoms with Crippen LogP contribution in [0.1, 0.15) is 31.7 Å². The number of guanidine groups is 1. The molecule has 0 saturated carbocycles. The van der Waals surface area contributed by atoms with Crippen molar-refractivity contribution in [1.29, 1.82) is 0 Å². The quantitative estimate of drug-likeness (QED) is 0.329. The second kappa shape index (κ2) is 10.8. The van der Waals surface area contributed by atoms with Gasteiger partial charge in [-0.05, 0) is 24.1 Å². The molecular weight excluding hydrogens is 354 g/mol. The molecular formula is C17H29N5O3S. The summed E-state index contributed by atoms with van der Waals surface area (Å²) in [6, 6.07) is 6.25. The Kier molecular flexibility index (Phi) is 9.08. The molecule has 0 aromatic heterocycles. The van der Waals surface area contributed by atoms with Gasteiger partial charge >= 0.3 is 0 Å². The van der Waals surface area contributed by atoms with Crippen molar-refractivity contribution in [2.45, 2.75) is 37.6 Å². The van der Waals surface area contributed by atoms with Crippen LogP contribution in [-0.4, -0.2) is 52.4 Å². The fourth-order valence-corrected chi connectivity index (χ4v) is 2.54. The molecule has 26 heavy (non-hydrogen) atoms. The zero-order valence-electron chi connectivity index (χ0n) is 15.7. The minimum Gasteiger partial charge on any atom is -0.356 e. The number of likely N-dealkylation sites (N-methyl/N-ethyl adjacent to an activating group) is 1. The van der Waals surface area contributed by atoms with E-state index in [4.69, 9.17) is 5.14 Å². The lowest BCUT2D eigenvalue weighted by Crippen LogP contribution is -2.43. The number of aliphatic imine (C=N–C) groups is 1. The SMILES string of the molecule is CCCCCNC(=NCc1ccc(S(N)(=O)=O)cc1)NCC(=O)N(C)C. The summed E-state index contributed by atoms with van der Waals surface area (Å²) < 4.78 is 22.6. The largest absolute Gasteiger partial charge is 0.356 e. The van der Waals surface area contributed by atoms with Gasteiger partial charge in [-0.15, -0.1) is 0 Å². The van der Waals surface area contributed by atoms with Crippen molar-refractivity contribution in [3.8, 4) is 0 Å². The Labute approximate surface area is 155 Å². The predicted octanol–water partition coefficient (Wildman–Crippen LogP) is 0.648. The zero-order valence-corrected chi connectivity index (χ0v) is 16.5. The first-order valence-electron chi connectivity index (χ1n) is 8.58. The Morgan fingerprint density at radius 2 is 1.81 bits per heavy atom. The van der Waals surface area contributed by atoms with E-state index in [1.54, 1.807) is 26.2 Å². The molecule has 8 nitrogen and oxygen atoms in total. The van der Waals surface area contributed by atoms with Crippen LogP contribution in [0.3, 0.4) is 0 Å². The maximum atomic E-state index is 11.7. The molecule has 1 aromatic rings. The van der Waals surface area contributed by atoms with Crippen molar-refractivity contribution in [2.24, 2.45) is 10.1 Å². The molecule has 9 heteroatoms. The van der Waals surface area contributed by atoms with Crippen LogP contribution < -0.4 is 15.8 Å². The number of primary sulfonamides is 1. The van der Waals surface area contributed by atoms with Crippen LogP contribution in [0, 0.1) is 0 Å². The molecule has 1 aromatic carbocycles.